The number of nitro groups is 1. The summed E-state index contributed by atoms with van der Waals surface area (Å²) in [4.78, 5) is 34.4. The van der Waals surface area contributed by atoms with E-state index >= 15 is 0 Å². The van der Waals surface area contributed by atoms with Crippen molar-refractivity contribution in [1.29, 1.82) is 0 Å². The van der Waals surface area contributed by atoms with E-state index < -0.39 is 0 Å². The fourth-order valence-electron chi connectivity index (χ4n) is 4.32. The highest BCUT2D eigenvalue weighted by Gasteiger charge is 2.30. The third-order valence-electron chi connectivity index (χ3n) is 6.09. The molecule has 2 fully saturated rings. The highest BCUT2D eigenvalue weighted by Crippen LogP contribution is 2.25. The lowest BCUT2D eigenvalue weighted by Crippen LogP contribution is -2.51. The lowest BCUT2D eigenvalue weighted by Gasteiger charge is -2.38. The number of anilines is 1. The van der Waals surface area contributed by atoms with E-state index in [1.807, 2.05) is 23.1 Å². The highest BCUT2D eigenvalue weighted by atomic mass is 35.5. The number of pyridine rings is 1. The molecule has 0 N–H and O–H groups in total. The predicted octanol–water partition coefficient (Wildman–Crippen LogP) is 3.20. The SMILES string of the molecule is O=C(C1CCN(c2ccc(Cl)cn2)CC1)N1CCN(Cc2cccc([N+](=O)[O-])c2)CC1. The summed E-state index contributed by atoms with van der Waals surface area (Å²) < 4.78 is 0. The summed E-state index contributed by atoms with van der Waals surface area (Å²) >= 11 is 5.91. The number of piperazine rings is 1. The van der Waals surface area contributed by atoms with Crippen LogP contribution in [0.15, 0.2) is 42.6 Å². The van der Waals surface area contributed by atoms with Crippen molar-refractivity contribution in [3.05, 3.63) is 63.3 Å². The Labute approximate surface area is 186 Å². The summed E-state index contributed by atoms with van der Waals surface area (Å²) in [5, 5.41) is 11.6. The number of carbonyl (C=O) groups excluding carboxylic acids is 1. The fourth-order valence-corrected chi connectivity index (χ4v) is 4.43. The van der Waals surface area contributed by atoms with Crippen molar-refractivity contribution < 1.29 is 9.72 Å². The van der Waals surface area contributed by atoms with Crippen molar-refractivity contribution in [2.24, 2.45) is 5.92 Å². The van der Waals surface area contributed by atoms with E-state index in [4.69, 9.17) is 11.6 Å². The smallest absolute Gasteiger partial charge is 0.269 e. The molecule has 0 atom stereocenters. The van der Waals surface area contributed by atoms with Crippen LogP contribution in [0.3, 0.4) is 0 Å². The maximum Gasteiger partial charge on any atom is 0.269 e. The zero-order valence-corrected chi connectivity index (χ0v) is 18.1. The van der Waals surface area contributed by atoms with Gasteiger partial charge in [-0.15, -0.1) is 0 Å². The number of aromatic nitrogens is 1. The minimum absolute atomic E-state index is 0.0619. The molecule has 0 spiro atoms. The number of nitro benzene ring substituents is 1. The average molecular weight is 444 g/mol. The van der Waals surface area contributed by atoms with Crippen LogP contribution in [0.2, 0.25) is 5.02 Å². The van der Waals surface area contributed by atoms with Gasteiger partial charge in [-0.1, -0.05) is 23.7 Å². The first-order valence-corrected chi connectivity index (χ1v) is 11.0. The molecule has 1 amide bonds. The summed E-state index contributed by atoms with van der Waals surface area (Å²) in [6.45, 7) is 5.26. The van der Waals surface area contributed by atoms with E-state index in [0.717, 1.165) is 50.4 Å². The number of benzene rings is 1. The Morgan fingerprint density at radius 1 is 1.10 bits per heavy atom. The normalized spacial score (nSPS) is 18.2. The summed E-state index contributed by atoms with van der Waals surface area (Å²) in [6, 6.07) is 10.5. The van der Waals surface area contributed by atoms with Gasteiger partial charge in [-0.3, -0.25) is 19.8 Å². The number of non-ortho nitro benzene ring substituents is 1. The third-order valence-corrected chi connectivity index (χ3v) is 6.32. The van der Waals surface area contributed by atoms with Crippen LogP contribution in [-0.2, 0) is 11.3 Å². The van der Waals surface area contributed by atoms with Crippen LogP contribution in [0.1, 0.15) is 18.4 Å². The summed E-state index contributed by atoms with van der Waals surface area (Å²) in [5.41, 5.74) is 1.05. The van der Waals surface area contributed by atoms with E-state index in [0.29, 0.717) is 24.7 Å². The zero-order valence-electron chi connectivity index (χ0n) is 17.3. The van der Waals surface area contributed by atoms with Crippen molar-refractivity contribution in [3.8, 4) is 0 Å². The summed E-state index contributed by atoms with van der Waals surface area (Å²) in [7, 11) is 0. The maximum absolute atomic E-state index is 13.0. The second-order valence-corrected chi connectivity index (χ2v) is 8.56. The molecule has 164 valence electrons. The Hall–Kier alpha value is -2.71. The van der Waals surface area contributed by atoms with Gasteiger partial charge >= 0.3 is 0 Å². The van der Waals surface area contributed by atoms with Gasteiger partial charge in [-0.2, -0.15) is 0 Å². The quantitative estimate of drug-likeness (QED) is 0.521. The molecule has 2 aliphatic rings. The topological polar surface area (TPSA) is 82.8 Å². The number of halogens is 1. The first-order chi connectivity index (χ1) is 15.0. The van der Waals surface area contributed by atoms with Gasteiger partial charge in [0.1, 0.15) is 5.82 Å². The Morgan fingerprint density at radius 3 is 2.48 bits per heavy atom. The van der Waals surface area contributed by atoms with E-state index in [9.17, 15) is 14.9 Å². The molecule has 8 nitrogen and oxygen atoms in total. The van der Waals surface area contributed by atoms with Gasteiger partial charge < -0.3 is 9.80 Å². The third kappa shape index (κ3) is 5.32. The standard InChI is InChI=1S/C22H26ClN5O3/c23-19-4-5-21(24-15-19)26-8-6-18(7-9-26)22(29)27-12-10-25(11-13-27)16-17-2-1-3-20(14-17)28(30)31/h1-5,14-15,18H,6-13,16H2. The van der Waals surface area contributed by atoms with Crippen LogP contribution in [0.5, 0.6) is 0 Å². The van der Waals surface area contributed by atoms with Gasteiger partial charge in [0.05, 0.1) is 9.95 Å². The Balaban J connectivity index is 1.24. The Bertz CT molecular complexity index is 923. The van der Waals surface area contributed by atoms with Gasteiger partial charge in [0.2, 0.25) is 5.91 Å². The minimum Gasteiger partial charge on any atom is -0.357 e. The lowest BCUT2D eigenvalue weighted by molar-refractivity contribution is -0.384. The van der Waals surface area contributed by atoms with Crippen LogP contribution < -0.4 is 4.90 Å². The van der Waals surface area contributed by atoms with Crippen LogP contribution >= 0.6 is 11.6 Å². The molecule has 9 heteroatoms. The average Bonchev–Trinajstić information content (AvgIpc) is 2.80. The first-order valence-electron chi connectivity index (χ1n) is 10.6. The van der Waals surface area contributed by atoms with Gasteiger partial charge in [0.25, 0.3) is 5.69 Å². The zero-order chi connectivity index (χ0) is 21.8. The molecule has 0 aliphatic carbocycles. The number of piperidine rings is 1. The number of amides is 1. The summed E-state index contributed by atoms with van der Waals surface area (Å²) in [6.07, 6.45) is 3.31. The molecule has 2 aliphatic heterocycles. The number of hydrogen-bond donors (Lipinski definition) is 0. The molecular weight excluding hydrogens is 418 g/mol. The Kier molecular flexibility index (Phi) is 6.67. The molecule has 4 rings (SSSR count). The molecule has 0 unspecified atom stereocenters. The predicted molar refractivity (Wildman–Crippen MR) is 119 cm³/mol. The molecule has 2 saturated heterocycles. The molecule has 31 heavy (non-hydrogen) atoms. The van der Waals surface area contributed by atoms with Crippen LogP contribution in [0.4, 0.5) is 11.5 Å². The van der Waals surface area contributed by atoms with E-state index in [-0.39, 0.29) is 22.4 Å². The van der Waals surface area contributed by atoms with Crippen LogP contribution in [-0.4, -0.2) is 64.9 Å². The van der Waals surface area contributed by atoms with E-state index in [1.165, 1.54) is 6.07 Å². The maximum atomic E-state index is 13.0. The van der Waals surface area contributed by atoms with Gasteiger partial charge in [0, 0.05) is 70.1 Å². The van der Waals surface area contributed by atoms with Crippen molar-refractivity contribution in [2.45, 2.75) is 19.4 Å². The monoisotopic (exact) mass is 443 g/mol. The van der Waals surface area contributed by atoms with Gasteiger partial charge in [-0.05, 0) is 30.5 Å². The lowest BCUT2D eigenvalue weighted by atomic mass is 9.95. The number of nitrogens with zero attached hydrogens (tertiary/aromatic N) is 5. The van der Waals surface area contributed by atoms with Crippen LogP contribution in [0.25, 0.3) is 0 Å². The fraction of sp³-hybridized carbons (Fsp3) is 0.455. The van der Waals surface area contributed by atoms with Crippen molar-refractivity contribution >= 4 is 29.0 Å². The van der Waals surface area contributed by atoms with Crippen molar-refractivity contribution in [1.82, 2.24) is 14.8 Å². The van der Waals surface area contributed by atoms with Gasteiger partial charge in [0.15, 0.2) is 0 Å². The van der Waals surface area contributed by atoms with Crippen molar-refractivity contribution in [2.75, 3.05) is 44.2 Å². The second-order valence-electron chi connectivity index (χ2n) is 8.12. The molecule has 0 saturated carbocycles. The number of carbonyl (C=O) groups is 1. The molecule has 2 aromatic rings. The van der Waals surface area contributed by atoms with Crippen LogP contribution in [0, 0.1) is 16.0 Å². The highest BCUT2D eigenvalue weighted by molar-refractivity contribution is 6.30. The summed E-state index contributed by atoms with van der Waals surface area (Å²) in [5.74, 6) is 1.22. The molecule has 0 radical (unpaired) electrons. The Morgan fingerprint density at radius 2 is 1.84 bits per heavy atom. The molecule has 1 aromatic carbocycles. The first kappa shape index (κ1) is 21.5. The molecule has 1 aromatic heterocycles. The van der Waals surface area contributed by atoms with E-state index in [2.05, 4.69) is 14.8 Å². The molecule has 0 bridgehead atoms. The minimum atomic E-state index is -0.367. The second kappa shape index (κ2) is 9.62. The molecule has 3 heterocycles. The van der Waals surface area contributed by atoms with E-state index in [1.54, 1.807) is 18.3 Å². The van der Waals surface area contributed by atoms with Crippen molar-refractivity contribution in [3.63, 3.8) is 0 Å². The number of rotatable bonds is 5. The number of hydrogen-bond acceptors (Lipinski definition) is 6. The largest absolute Gasteiger partial charge is 0.357 e. The molecular formula is C22H26ClN5O3. The van der Waals surface area contributed by atoms with Gasteiger partial charge in [-0.25, -0.2) is 4.98 Å².